The van der Waals surface area contributed by atoms with E-state index in [1.165, 1.54) is 29.7 Å². The molecule has 0 saturated heterocycles. The molecule has 1 aromatic carbocycles. The van der Waals surface area contributed by atoms with Crippen LogP contribution in [0.15, 0.2) is 12.1 Å². The molecule has 2 rings (SSSR count). The Morgan fingerprint density at radius 2 is 2.17 bits per heavy atom. The molecule has 0 fully saturated rings. The topological polar surface area (TPSA) is 15.3 Å². The van der Waals surface area contributed by atoms with Gasteiger partial charge in [-0.15, -0.1) is 0 Å². The molecule has 0 radical (unpaired) electrons. The maximum absolute atomic E-state index is 6.34. The minimum Gasteiger partial charge on any atom is -0.316 e. The van der Waals surface area contributed by atoms with Crippen LogP contribution in [0.3, 0.4) is 0 Å². The largest absolute Gasteiger partial charge is 0.316 e. The lowest BCUT2D eigenvalue weighted by Gasteiger charge is -2.33. The maximum atomic E-state index is 6.34. The highest BCUT2D eigenvalue weighted by atomic mass is 35.5. The van der Waals surface area contributed by atoms with Crippen LogP contribution in [0, 0.1) is 0 Å². The second-order valence-corrected chi connectivity index (χ2v) is 5.63. The highest BCUT2D eigenvalue weighted by Crippen LogP contribution is 2.27. The average molecular weight is 267 g/mol. The number of hydrogen-bond donors (Lipinski definition) is 1. The summed E-state index contributed by atoms with van der Waals surface area (Å²) in [5.41, 5.74) is 4.10. The Hall–Kier alpha value is -0.570. The van der Waals surface area contributed by atoms with Gasteiger partial charge >= 0.3 is 0 Å². The van der Waals surface area contributed by atoms with E-state index >= 15 is 0 Å². The van der Waals surface area contributed by atoms with Crippen molar-refractivity contribution in [3.05, 3.63) is 33.8 Å². The summed E-state index contributed by atoms with van der Waals surface area (Å²) in [6.45, 7) is 7.62. The molecule has 1 unspecified atom stereocenters. The normalized spacial score (nSPS) is 17.6. The van der Waals surface area contributed by atoms with Crippen molar-refractivity contribution in [2.75, 3.05) is 13.6 Å². The molecule has 0 spiro atoms. The van der Waals surface area contributed by atoms with Crippen molar-refractivity contribution in [2.24, 2.45) is 0 Å². The quantitative estimate of drug-likeness (QED) is 0.900. The van der Waals surface area contributed by atoms with Crippen LogP contribution in [0.5, 0.6) is 0 Å². The van der Waals surface area contributed by atoms with E-state index in [4.69, 9.17) is 11.6 Å². The monoisotopic (exact) mass is 266 g/mol. The first kappa shape index (κ1) is 13.9. The van der Waals surface area contributed by atoms with E-state index in [0.717, 1.165) is 24.5 Å². The molecule has 1 N–H and O–H groups in total. The second-order valence-electron chi connectivity index (χ2n) is 5.22. The third-order valence-corrected chi connectivity index (χ3v) is 4.34. The van der Waals surface area contributed by atoms with Crippen LogP contribution in [0.25, 0.3) is 0 Å². The van der Waals surface area contributed by atoms with Gasteiger partial charge in [0.05, 0.1) is 0 Å². The predicted molar refractivity (Wildman–Crippen MR) is 78.1 cm³/mol. The number of fused-ring (bicyclic) bond motifs is 1. The van der Waals surface area contributed by atoms with Crippen molar-refractivity contribution in [2.45, 2.75) is 45.8 Å². The SMILES string of the molecule is CCC(C)N1CCc2cc(CNC)c(Cl)cc2C1. The first-order valence-electron chi connectivity index (χ1n) is 6.84. The van der Waals surface area contributed by atoms with Gasteiger partial charge in [0, 0.05) is 30.7 Å². The van der Waals surface area contributed by atoms with Gasteiger partial charge in [-0.05, 0) is 49.6 Å². The number of hydrogen-bond acceptors (Lipinski definition) is 2. The lowest BCUT2D eigenvalue weighted by atomic mass is 9.96. The molecule has 0 aliphatic carbocycles. The lowest BCUT2D eigenvalue weighted by molar-refractivity contribution is 0.186. The number of rotatable bonds is 4. The standard InChI is InChI=1S/C15H23ClN2/c1-4-11(2)18-6-5-12-7-13(9-17-3)15(16)8-14(12)10-18/h7-8,11,17H,4-6,9-10H2,1-3H3. The zero-order valence-corrected chi connectivity index (χ0v) is 12.3. The van der Waals surface area contributed by atoms with Crippen molar-refractivity contribution in [3.63, 3.8) is 0 Å². The molecule has 1 aromatic rings. The van der Waals surface area contributed by atoms with Crippen LogP contribution in [0.1, 0.15) is 37.0 Å². The molecule has 1 heterocycles. The maximum Gasteiger partial charge on any atom is 0.0454 e. The van der Waals surface area contributed by atoms with Gasteiger partial charge in [-0.3, -0.25) is 4.90 Å². The second kappa shape index (κ2) is 6.05. The van der Waals surface area contributed by atoms with E-state index in [0.29, 0.717) is 6.04 Å². The van der Waals surface area contributed by atoms with E-state index < -0.39 is 0 Å². The van der Waals surface area contributed by atoms with Crippen LogP contribution in [-0.4, -0.2) is 24.5 Å². The minimum atomic E-state index is 0.661. The van der Waals surface area contributed by atoms with Crippen LogP contribution in [0.2, 0.25) is 5.02 Å². The zero-order chi connectivity index (χ0) is 13.1. The summed E-state index contributed by atoms with van der Waals surface area (Å²) in [5.74, 6) is 0. The smallest absolute Gasteiger partial charge is 0.0454 e. The van der Waals surface area contributed by atoms with Crippen LogP contribution in [0.4, 0.5) is 0 Å². The van der Waals surface area contributed by atoms with Crippen molar-refractivity contribution in [1.29, 1.82) is 0 Å². The number of nitrogens with one attached hydrogen (secondary N) is 1. The number of halogens is 1. The van der Waals surface area contributed by atoms with Crippen LogP contribution in [-0.2, 0) is 19.5 Å². The Kier molecular flexibility index (Phi) is 4.66. The number of nitrogens with zero attached hydrogens (tertiary/aromatic N) is 1. The summed E-state index contributed by atoms with van der Waals surface area (Å²) in [6.07, 6.45) is 2.36. The molecule has 1 aliphatic rings. The lowest BCUT2D eigenvalue weighted by Crippen LogP contribution is -2.37. The van der Waals surface area contributed by atoms with Gasteiger partial charge in [-0.1, -0.05) is 24.6 Å². The fourth-order valence-corrected chi connectivity index (χ4v) is 2.87. The zero-order valence-electron chi connectivity index (χ0n) is 11.6. The first-order chi connectivity index (χ1) is 8.65. The third-order valence-electron chi connectivity index (χ3n) is 3.99. The van der Waals surface area contributed by atoms with Crippen molar-refractivity contribution in [1.82, 2.24) is 10.2 Å². The average Bonchev–Trinajstić information content (AvgIpc) is 2.38. The van der Waals surface area contributed by atoms with Gasteiger partial charge < -0.3 is 5.32 Å². The summed E-state index contributed by atoms with van der Waals surface area (Å²) in [4.78, 5) is 2.55. The summed E-state index contributed by atoms with van der Waals surface area (Å²) < 4.78 is 0. The van der Waals surface area contributed by atoms with Gasteiger partial charge in [0.1, 0.15) is 0 Å². The highest BCUT2D eigenvalue weighted by Gasteiger charge is 2.20. The molecule has 1 atom stereocenters. The number of benzene rings is 1. The van der Waals surface area contributed by atoms with Gasteiger partial charge in [0.2, 0.25) is 0 Å². The van der Waals surface area contributed by atoms with E-state index in [-0.39, 0.29) is 0 Å². The molecule has 100 valence electrons. The van der Waals surface area contributed by atoms with Gasteiger partial charge in [-0.25, -0.2) is 0 Å². The summed E-state index contributed by atoms with van der Waals surface area (Å²) >= 11 is 6.34. The first-order valence-corrected chi connectivity index (χ1v) is 7.22. The van der Waals surface area contributed by atoms with Crippen LogP contribution < -0.4 is 5.32 Å². The molecule has 2 nitrogen and oxygen atoms in total. The van der Waals surface area contributed by atoms with E-state index in [1.807, 2.05) is 7.05 Å². The molecule has 0 bridgehead atoms. The molecule has 18 heavy (non-hydrogen) atoms. The van der Waals surface area contributed by atoms with Crippen molar-refractivity contribution >= 4 is 11.6 Å². The predicted octanol–water partition coefficient (Wildman–Crippen LogP) is 3.22. The fraction of sp³-hybridized carbons (Fsp3) is 0.600. The molecule has 0 saturated carbocycles. The van der Waals surface area contributed by atoms with Gasteiger partial charge in [-0.2, -0.15) is 0 Å². The Bertz CT molecular complexity index is 417. The molecule has 0 amide bonds. The van der Waals surface area contributed by atoms with Crippen molar-refractivity contribution < 1.29 is 0 Å². The van der Waals surface area contributed by atoms with E-state index in [1.54, 1.807) is 0 Å². The Morgan fingerprint density at radius 3 is 2.83 bits per heavy atom. The van der Waals surface area contributed by atoms with E-state index in [2.05, 4.69) is 36.2 Å². The van der Waals surface area contributed by atoms with E-state index in [9.17, 15) is 0 Å². The molecular formula is C15H23ClN2. The highest BCUT2D eigenvalue weighted by molar-refractivity contribution is 6.31. The summed E-state index contributed by atoms with van der Waals surface area (Å²) in [5, 5.41) is 4.07. The van der Waals surface area contributed by atoms with Gasteiger partial charge in [0.25, 0.3) is 0 Å². The third kappa shape index (κ3) is 2.87. The van der Waals surface area contributed by atoms with Crippen LogP contribution >= 0.6 is 11.6 Å². The molecule has 1 aliphatic heterocycles. The molecule has 3 heteroatoms. The summed E-state index contributed by atoms with van der Waals surface area (Å²) in [6, 6.07) is 5.11. The molecular weight excluding hydrogens is 244 g/mol. The van der Waals surface area contributed by atoms with Gasteiger partial charge in [0.15, 0.2) is 0 Å². The minimum absolute atomic E-state index is 0.661. The molecule has 0 aromatic heterocycles. The van der Waals surface area contributed by atoms with Crippen molar-refractivity contribution in [3.8, 4) is 0 Å². The Balaban J connectivity index is 2.21. The summed E-state index contributed by atoms with van der Waals surface area (Å²) in [7, 11) is 1.96. The Morgan fingerprint density at radius 1 is 1.39 bits per heavy atom. The fourth-order valence-electron chi connectivity index (χ4n) is 2.61. The Labute approximate surface area is 115 Å².